The molecule has 0 aliphatic rings. The highest BCUT2D eigenvalue weighted by atomic mass is 16.3. The predicted molar refractivity (Wildman–Crippen MR) is 54.5 cm³/mol. The Labute approximate surface area is 79.4 Å². The monoisotopic (exact) mass is 179 g/mol. The number of aliphatic hydroxyl groups excluding tert-OH is 1. The van der Waals surface area contributed by atoms with Gasteiger partial charge in [-0.15, -0.1) is 0 Å². The molecule has 0 saturated carbocycles. The predicted octanol–water partition coefficient (Wildman–Crippen LogP) is 1.69. The lowest BCUT2D eigenvalue weighted by molar-refractivity contribution is 0.276. The van der Waals surface area contributed by atoms with Crippen molar-refractivity contribution >= 4 is 0 Å². The number of hydrogen-bond acceptors (Lipinski definition) is 2. The van der Waals surface area contributed by atoms with E-state index in [-0.39, 0.29) is 12.6 Å². The number of benzene rings is 1. The third-order valence-electron chi connectivity index (χ3n) is 2.40. The van der Waals surface area contributed by atoms with Crippen LogP contribution in [0.25, 0.3) is 0 Å². The van der Waals surface area contributed by atoms with Crippen molar-refractivity contribution in [2.24, 2.45) is 5.73 Å². The molecule has 0 aliphatic heterocycles. The maximum atomic E-state index is 8.74. The van der Waals surface area contributed by atoms with Crippen LogP contribution >= 0.6 is 0 Å². The van der Waals surface area contributed by atoms with Gasteiger partial charge in [0.15, 0.2) is 0 Å². The maximum absolute atomic E-state index is 8.74. The van der Waals surface area contributed by atoms with E-state index in [1.165, 1.54) is 11.1 Å². The highest BCUT2D eigenvalue weighted by Gasteiger charge is 2.05. The van der Waals surface area contributed by atoms with Gasteiger partial charge < -0.3 is 10.8 Å². The van der Waals surface area contributed by atoms with E-state index in [4.69, 9.17) is 10.8 Å². The van der Waals surface area contributed by atoms with Crippen molar-refractivity contribution in [1.29, 1.82) is 0 Å². The average Bonchev–Trinajstić information content (AvgIpc) is 2.10. The van der Waals surface area contributed by atoms with Crippen LogP contribution in [0, 0.1) is 13.8 Å². The largest absolute Gasteiger partial charge is 0.396 e. The second kappa shape index (κ2) is 4.40. The first-order valence-electron chi connectivity index (χ1n) is 4.58. The van der Waals surface area contributed by atoms with Crippen molar-refractivity contribution in [3.8, 4) is 0 Å². The van der Waals surface area contributed by atoms with Crippen molar-refractivity contribution < 1.29 is 5.11 Å². The van der Waals surface area contributed by atoms with E-state index in [0.717, 1.165) is 5.56 Å². The van der Waals surface area contributed by atoms with Gasteiger partial charge in [0.25, 0.3) is 0 Å². The summed E-state index contributed by atoms with van der Waals surface area (Å²) in [6, 6.07) is 6.16. The number of hydrogen-bond donors (Lipinski definition) is 2. The number of nitrogens with two attached hydrogens (primary N) is 1. The first-order valence-corrected chi connectivity index (χ1v) is 4.58. The molecule has 0 radical (unpaired) electrons. The molecular weight excluding hydrogens is 162 g/mol. The smallest absolute Gasteiger partial charge is 0.0449 e. The van der Waals surface area contributed by atoms with Crippen LogP contribution in [-0.2, 0) is 0 Å². The molecule has 0 heterocycles. The fraction of sp³-hybridized carbons (Fsp3) is 0.455. The Morgan fingerprint density at radius 2 is 2.00 bits per heavy atom. The Bertz CT molecular complexity index is 283. The van der Waals surface area contributed by atoms with Crippen molar-refractivity contribution in [1.82, 2.24) is 0 Å². The molecule has 1 rings (SSSR count). The molecule has 0 fully saturated rings. The van der Waals surface area contributed by atoms with Crippen LogP contribution in [0.1, 0.15) is 29.2 Å². The van der Waals surface area contributed by atoms with E-state index in [2.05, 4.69) is 26.0 Å². The molecule has 0 bridgehead atoms. The fourth-order valence-corrected chi connectivity index (χ4v) is 1.30. The first-order chi connectivity index (χ1) is 6.15. The van der Waals surface area contributed by atoms with E-state index in [0.29, 0.717) is 6.42 Å². The maximum Gasteiger partial charge on any atom is 0.0449 e. The zero-order valence-electron chi connectivity index (χ0n) is 8.25. The van der Waals surface area contributed by atoms with Crippen LogP contribution in [0.3, 0.4) is 0 Å². The molecule has 72 valence electrons. The zero-order chi connectivity index (χ0) is 9.84. The van der Waals surface area contributed by atoms with E-state index < -0.39 is 0 Å². The average molecular weight is 179 g/mol. The molecule has 0 aromatic heterocycles. The first kappa shape index (κ1) is 10.2. The summed E-state index contributed by atoms with van der Waals surface area (Å²) in [5.74, 6) is 0. The summed E-state index contributed by atoms with van der Waals surface area (Å²) < 4.78 is 0. The minimum atomic E-state index is -0.0377. The molecule has 0 spiro atoms. The fourth-order valence-electron chi connectivity index (χ4n) is 1.30. The topological polar surface area (TPSA) is 46.2 Å². The van der Waals surface area contributed by atoms with Gasteiger partial charge in [-0.3, -0.25) is 0 Å². The second-order valence-electron chi connectivity index (χ2n) is 3.46. The Morgan fingerprint density at radius 3 is 2.54 bits per heavy atom. The van der Waals surface area contributed by atoms with Gasteiger partial charge in [0.2, 0.25) is 0 Å². The highest BCUT2D eigenvalue weighted by Crippen LogP contribution is 2.17. The van der Waals surface area contributed by atoms with Gasteiger partial charge in [-0.2, -0.15) is 0 Å². The van der Waals surface area contributed by atoms with Gasteiger partial charge in [0, 0.05) is 12.6 Å². The molecular formula is C11H17NO. The second-order valence-corrected chi connectivity index (χ2v) is 3.46. The summed E-state index contributed by atoms with van der Waals surface area (Å²) in [7, 11) is 0. The number of rotatable bonds is 3. The molecule has 1 aromatic carbocycles. The Morgan fingerprint density at radius 1 is 1.31 bits per heavy atom. The van der Waals surface area contributed by atoms with Crippen molar-refractivity contribution in [2.75, 3.05) is 6.61 Å². The lowest BCUT2D eigenvalue weighted by atomic mass is 10.00. The zero-order valence-corrected chi connectivity index (χ0v) is 8.25. The SMILES string of the molecule is Cc1ccc([C@H](N)CCO)cc1C. The van der Waals surface area contributed by atoms with E-state index in [9.17, 15) is 0 Å². The van der Waals surface area contributed by atoms with Crippen molar-refractivity contribution in [3.05, 3.63) is 34.9 Å². The molecule has 1 atom stereocenters. The molecule has 3 N–H and O–H groups in total. The lowest BCUT2D eigenvalue weighted by Crippen LogP contribution is -2.12. The quantitative estimate of drug-likeness (QED) is 0.741. The summed E-state index contributed by atoms with van der Waals surface area (Å²) in [5, 5.41) is 8.74. The summed E-state index contributed by atoms with van der Waals surface area (Å²) in [6.07, 6.45) is 0.627. The highest BCUT2D eigenvalue weighted by molar-refractivity contribution is 5.31. The summed E-state index contributed by atoms with van der Waals surface area (Å²) >= 11 is 0. The van der Waals surface area contributed by atoms with Crippen LogP contribution < -0.4 is 5.73 Å². The molecule has 0 unspecified atom stereocenters. The van der Waals surface area contributed by atoms with Gasteiger partial charge in [-0.1, -0.05) is 18.2 Å². The van der Waals surface area contributed by atoms with Gasteiger partial charge in [0.1, 0.15) is 0 Å². The summed E-state index contributed by atoms with van der Waals surface area (Å²) in [6.45, 7) is 4.30. The third kappa shape index (κ3) is 2.54. The van der Waals surface area contributed by atoms with E-state index >= 15 is 0 Å². The van der Waals surface area contributed by atoms with Crippen LogP contribution in [0.2, 0.25) is 0 Å². The number of aryl methyl sites for hydroxylation is 2. The van der Waals surface area contributed by atoms with Crippen LogP contribution in [0.4, 0.5) is 0 Å². The molecule has 1 aromatic rings. The Hall–Kier alpha value is -0.860. The molecule has 2 nitrogen and oxygen atoms in total. The Balaban J connectivity index is 2.84. The van der Waals surface area contributed by atoms with E-state index in [1.54, 1.807) is 0 Å². The standard InChI is InChI=1S/C11H17NO/c1-8-3-4-10(7-9(8)2)11(12)5-6-13/h3-4,7,11,13H,5-6,12H2,1-2H3/t11-/m1/s1. The van der Waals surface area contributed by atoms with Crippen LogP contribution in [0.5, 0.6) is 0 Å². The van der Waals surface area contributed by atoms with Gasteiger partial charge in [0.05, 0.1) is 0 Å². The Kier molecular flexibility index (Phi) is 3.46. The van der Waals surface area contributed by atoms with Gasteiger partial charge in [-0.05, 0) is 37.0 Å². The number of aliphatic hydroxyl groups is 1. The normalized spacial score (nSPS) is 12.9. The van der Waals surface area contributed by atoms with Gasteiger partial charge in [-0.25, -0.2) is 0 Å². The van der Waals surface area contributed by atoms with Crippen LogP contribution in [-0.4, -0.2) is 11.7 Å². The van der Waals surface area contributed by atoms with Gasteiger partial charge >= 0.3 is 0 Å². The van der Waals surface area contributed by atoms with E-state index in [1.807, 2.05) is 6.07 Å². The van der Waals surface area contributed by atoms with Crippen LogP contribution in [0.15, 0.2) is 18.2 Å². The summed E-state index contributed by atoms with van der Waals surface area (Å²) in [5.41, 5.74) is 9.51. The van der Waals surface area contributed by atoms with Crippen molar-refractivity contribution in [3.63, 3.8) is 0 Å². The lowest BCUT2D eigenvalue weighted by Gasteiger charge is -2.11. The minimum absolute atomic E-state index is 0.0377. The summed E-state index contributed by atoms with van der Waals surface area (Å²) in [4.78, 5) is 0. The minimum Gasteiger partial charge on any atom is -0.396 e. The molecule has 0 amide bonds. The molecule has 0 aliphatic carbocycles. The third-order valence-corrected chi connectivity index (χ3v) is 2.40. The van der Waals surface area contributed by atoms with Crippen molar-refractivity contribution in [2.45, 2.75) is 26.3 Å². The molecule has 2 heteroatoms. The molecule has 13 heavy (non-hydrogen) atoms. The molecule has 0 saturated heterocycles.